The van der Waals surface area contributed by atoms with Gasteiger partial charge in [-0.2, -0.15) is 8.61 Å². The second-order valence-corrected chi connectivity index (χ2v) is 10.1. The van der Waals surface area contributed by atoms with Crippen LogP contribution in [0.3, 0.4) is 0 Å². The van der Waals surface area contributed by atoms with Crippen LogP contribution >= 0.6 is 11.3 Å². The number of nitrogens with zero attached hydrogens (tertiary/aromatic N) is 2. The number of thiophene rings is 1. The molecule has 0 bridgehead atoms. The summed E-state index contributed by atoms with van der Waals surface area (Å²) in [5, 5.41) is 2.98. The maximum absolute atomic E-state index is 12.5. The van der Waals surface area contributed by atoms with Gasteiger partial charge in [0.25, 0.3) is 10.0 Å². The Bertz CT molecular complexity index is 688. The van der Waals surface area contributed by atoms with Crippen molar-refractivity contribution in [3.8, 4) is 0 Å². The molecule has 10 heteroatoms. The Kier molecular flexibility index (Phi) is 5.06. The molecule has 0 unspecified atom stereocenters. The van der Waals surface area contributed by atoms with Gasteiger partial charge < -0.3 is 5.32 Å². The molecule has 1 aromatic heterocycles. The van der Waals surface area contributed by atoms with Gasteiger partial charge in [0.2, 0.25) is 10.0 Å². The SMILES string of the molecule is CNCc1ccc(S(=O)(=O)N2CCN(S(C)(=O)=O)CC2)s1. The van der Waals surface area contributed by atoms with E-state index in [1.54, 1.807) is 19.2 Å². The fourth-order valence-corrected chi connectivity index (χ4v) is 5.91. The van der Waals surface area contributed by atoms with E-state index >= 15 is 0 Å². The highest BCUT2D eigenvalue weighted by Crippen LogP contribution is 2.25. The number of hydrogen-bond donors (Lipinski definition) is 1. The van der Waals surface area contributed by atoms with Gasteiger partial charge in [0.1, 0.15) is 4.21 Å². The zero-order valence-corrected chi connectivity index (χ0v) is 14.4. The van der Waals surface area contributed by atoms with Gasteiger partial charge in [-0.05, 0) is 19.2 Å². The fourth-order valence-electron chi connectivity index (χ4n) is 2.14. The summed E-state index contributed by atoms with van der Waals surface area (Å²) in [6, 6.07) is 3.40. The van der Waals surface area contributed by atoms with Crippen LogP contribution in [0.15, 0.2) is 16.3 Å². The third-order valence-corrected chi connectivity index (χ3v) is 8.00. The Morgan fingerprint density at radius 1 is 1.10 bits per heavy atom. The van der Waals surface area contributed by atoms with E-state index < -0.39 is 20.0 Å². The van der Waals surface area contributed by atoms with Gasteiger partial charge in [-0.25, -0.2) is 16.8 Å². The van der Waals surface area contributed by atoms with E-state index in [2.05, 4.69) is 5.32 Å². The summed E-state index contributed by atoms with van der Waals surface area (Å²) in [7, 11) is -4.98. The first-order chi connectivity index (χ1) is 9.75. The minimum atomic E-state index is -3.53. The third-order valence-electron chi connectivity index (χ3n) is 3.25. The summed E-state index contributed by atoms with van der Waals surface area (Å²) >= 11 is 1.24. The molecule has 1 aliphatic rings. The normalized spacial score (nSPS) is 19.0. The van der Waals surface area contributed by atoms with Crippen LogP contribution in [0, 0.1) is 0 Å². The van der Waals surface area contributed by atoms with E-state index in [0.29, 0.717) is 10.8 Å². The first-order valence-corrected chi connectivity index (χ1v) is 10.5. The minimum Gasteiger partial charge on any atom is -0.315 e. The molecule has 21 heavy (non-hydrogen) atoms. The molecule has 2 heterocycles. The topological polar surface area (TPSA) is 86.8 Å². The average Bonchev–Trinajstić information content (AvgIpc) is 2.88. The summed E-state index contributed by atoms with van der Waals surface area (Å²) < 4.78 is 50.9. The highest BCUT2D eigenvalue weighted by atomic mass is 32.2. The lowest BCUT2D eigenvalue weighted by Crippen LogP contribution is -2.50. The highest BCUT2D eigenvalue weighted by Gasteiger charge is 2.32. The molecule has 0 amide bonds. The molecular weight excluding hydrogens is 334 g/mol. The third kappa shape index (κ3) is 3.82. The smallest absolute Gasteiger partial charge is 0.252 e. The lowest BCUT2D eigenvalue weighted by molar-refractivity contribution is 0.274. The summed E-state index contributed by atoms with van der Waals surface area (Å²) in [4.78, 5) is 0.950. The predicted molar refractivity (Wildman–Crippen MR) is 82.3 cm³/mol. The predicted octanol–water partition coefficient (Wildman–Crippen LogP) is -0.267. The second-order valence-electron chi connectivity index (χ2n) is 4.82. The number of rotatable bonds is 5. The highest BCUT2D eigenvalue weighted by molar-refractivity contribution is 7.91. The van der Waals surface area contributed by atoms with E-state index in [0.717, 1.165) is 11.1 Å². The fraction of sp³-hybridized carbons (Fsp3) is 0.636. The Hall–Kier alpha value is -0.520. The van der Waals surface area contributed by atoms with Crippen LogP contribution in [-0.4, -0.2) is 64.9 Å². The largest absolute Gasteiger partial charge is 0.315 e. The van der Waals surface area contributed by atoms with E-state index in [4.69, 9.17) is 0 Å². The van der Waals surface area contributed by atoms with Crippen molar-refractivity contribution < 1.29 is 16.8 Å². The maximum atomic E-state index is 12.5. The first kappa shape index (κ1) is 16.8. The monoisotopic (exact) mass is 353 g/mol. The van der Waals surface area contributed by atoms with Crippen molar-refractivity contribution in [3.63, 3.8) is 0 Å². The molecule has 1 N–H and O–H groups in total. The minimum absolute atomic E-state index is 0.189. The molecule has 1 fully saturated rings. The van der Waals surface area contributed by atoms with Crippen LogP contribution in [-0.2, 0) is 26.6 Å². The molecule has 0 radical (unpaired) electrons. The van der Waals surface area contributed by atoms with Crippen molar-refractivity contribution in [2.75, 3.05) is 39.5 Å². The van der Waals surface area contributed by atoms with Gasteiger partial charge in [0.05, 0.1) is 6.26 Å². The molecule has 1 aromatic rings. The quantitative estimate of drug-likeness (QED) is 0.788. The molecule has 0 aliphatic carbocycles. The van der Waals surface area contributed by atoms with Crippen molar-refractivity contribution in [1.82, 2.24) is 13.9 Å². The van der Waals surface area contributed by atoms with Crippen LogP contribution in [0.5, 0.6) is 0 Å². The molecule has 0 saturated carbocycles. The summed E-state index contributed by atoms with van der Waals surface area (Å²) in [6.45, 7) is 1.41. The van der Waals surface area contributed by atoms with Crippen LogP contribution in [0.4, 0.5) is 0 Å². The van der Waals surface area contributed by atoms with Crippen LogP contribution in [0.1, 0.15) is 4.88 Å². The van der Waals surface area contributed by atoms with Crippen molar-refractivity contribution in [1.29, 1.82) is 0 Å². The molecule has 0 atom stereocenters. The van der Waals surface area contributed by atoms with Crippen molar-refractivity contribution in [3.05, 3.63) is 17.0 Å². The average molecular weight is 353 g/mol. The van der Waals surface area contributed by atoms with E-state index in [-0.39, 0.29) is 26.2 Å². The van der Waals surface area contributed by atoms with Gasteiger partial charge in [-0.3, -0.25) is 0 Å². The maximum Gasteiger partial charge on any atom is 0.252 e. The zero-order chi connectivity index (χ0) is 15.7. The second kappa shape index (κ2) is 6.31. The molecular formula is C11H19N3O4S3. The molecule has 2 rings (SSSR count). The van der Waals surface area contributed by atoms with Crippen molar-refractivity contribution >= 4 is 31.4 Å². The van der Waals surface area contributed by atoms with E-state index in [1.165, 1.54) is 19.9 Å². The van der Waals surface area contributed by atoms with Crippen LogP contribution in [0.2, 0.25) is 0 Å². The van der Waals surface area contributed by atoms with Gasteiger partial charge in [-0.15, -0.1) is 11.3 Å². The Morgan fingerprint density at radius 2 is 1.67 bits per heavy atom. The molecule has 120 valence electrons. The van der Waals surface area contributed by atoms with E-state index in [1.807, 2.05) is 0 Å². The number of nitrogens with one attached hydrogen (secondary N) is 1. The Balaban J connectivity index is 2.11. The van der Waals surface area contributed by atoms with Gasteiger partial charge in [0, 0.05) is 37.6 Å². The first-order valence-electron chi connectivity index (χ1n) is 6.44. The van der Waals surface area contributed by atoms with Crippen molar-refractivity contribution in [2.45, 2.75) is 10.8 Å². The molecule has 0 spiro atoms. The van der Waals surface area contributed by atoms with Crippen LogP contribution < -0.4 is 5.32 Å². The van der Waals surface area contributed by atoms with Crippen molar-refractivity contribution in [2.24, 2.45) is 0 Å². The van der Waals surface area contributed by atoms with Gasteiger partial charge >= 0.3 is 0 Å². The van der Waals surface area contributed by atoms with E-state index in [9.17, 15) is 16.8 Å². The molecule has 0 aromatic carbocycles. The lowest BCUT2D eigenvalue weighted by Gasteiger charge is -2.32. The summed E-state index contributed by atoms with van der Waals surface area (Å²) in [5.74, 6) is 0. The van der Waals surface area contributed by atoms with Gasteiger partial charge in [0.15, 0.2) is 0 Å². The molecule has 1 aliphatic heterocycles. The Morgan fingerprint density at radius 3 is 2.19 bits per heavy atom. The number of sulfonamides is 2. The van der Waals surface area contributed by atoms with Crippen LogP contribution in [0.25, 0.3) is 0 Å². The summed E-state index contributed by atoms with van der Waals surface area (Å²) in [6.07, 6.45) is 1.14. The molecule has 7 nitrogen and oxygen atoms in total. The molecule has 1 saturated heterocycles. The van der Waals surface area contributed by atoms with Gasteiger partial charge in [-0.1, -0.05) is 0 Å². The standard InChI is InChI=1S/C11H19N3O4S3/c1-12-9-10-3-4-11(19-10)21(17,18)14-7-5-13(6-8-14)20(2,15)16/h3-4,12H,5-9H2,1-2H3. The summed E-state index contributed by atoms with van der Waals surface area (Å²) in [5.41, 5.74) is 0. The lowest BCUT2D eigenvalue weighted by atomic mass is 10.4. The number of hydrogen-bond acceptors (Lipinski definition) is 6. The zero-order valence-electron chi connectivity index (χ0n) is 11.9. The Labute approximate surface area is 129 Å². The number of piperazine rings is 1.